The molecule has 0 saturated heterocycles. The molecule has 0 aliphatic heterocycles. The Kier molecular flexibility index (Phi) is 4.18. The molecule has 1 heterocycles. The second-order valence-electron chi connectivity index (χ2n) is 5.24. The van der Waals surface area contributed by atoms with Crippen molar-refractivity contribution in [3.8, 4) is 0 Å². The lowest BCUT2D eigenvalue weighted by Crippen LogP contribution is -2.48. The Labute approximate surface area is 141 Å². The van der Waals surface area contributed by atoms with Gasteiger partial charge < -0.3 is 15.2 Å². The third-order valence-electron chi connectivity index (χ3n) is 3.69. The zero-order valence-corrected chi connectivity index (χ0v) is 13.0. The maximum absolute atomic E-state index is 12.5. The maximum Gasteiger partial charge on any atom is 0.239 e. The van der Waals surface area contributed by atoms with Crippen molar-refractivity contribution in [3.63, 3.8) is 0 Å². The van der Waals surface area contributed by atoms with Crippen molar-refractivity contribution in [2.75, 3.05) is 0 Å². The summed E-state index contributed by atoms with van der Waals surface area (Å²) in [6.45, 7) is 0. The molecular weight excluding hydrogens is 334 g/mol. The van der Waals surface area contributed by atoms with Gasteiger partial charge >= 0.3 is 0 Å². The predicted molar refractivity (Wildman–Crippen MR) is 81.0 cm³/mol. The molecule has 1 aliphatic rings. The van der Waals surface area contributed by atoms with E-state index >= 15 is 0 Å². The van der Waals surface area contributed by atoms with Gasteiger partial charge in [-0.05, 0) is 0 Å². The van der Waals surface area contributed by atoms with Crippen molar-refractivity contribution in [3.05, 3.63) is 64.3 Å². The predicted octanol–water partition coefficient (Wildman–Crippen LogP) is -0.391. The molecule has 1 unspecified atom stereocenters. The third kappa shape index (κ3) is 2.81. The van der Waals surface area contributed by atoms with Gasteiger partial charge in [0.1, 0.15) is 22.6 Å². The Balaban J connectivity index is 1.92. The molecule has 3 N–H and O–H groups in total. The van der Waals surface area contributed by atoms with Crippen LogP contribution < -0.4 is 15.4 Å². The molecule has 1 aliphatic carbocycles. The molecule has 0 fully saturated rings. The zero-order chi connectivity index (χ0) is 17.3. The third-order valence-corrected chi connectivity index (χ3v) is 4.05. The topological polar surface area (TPSA) is 116 Å². The van der Waals surface area contributed by atoms with Crippen LogP contribution in [0, 0.1) is 0 Å². The van der Waals surface area contributed by atoms with Crippen molar-refractivity contribution in [2.24, 2.45) is 0 Å². The summed E-state index contributed by atoms with van der Waals surface area (Å²) in [4.78, 5) is 41.8. The number of hydrogen-bond acceptors (Lipinski definition) is 5. The number of halogens is 1. The van der Waals surface area contributed by atoms with E-state index in [-0.39, 0.29) is 28.3 Å². The monoisotopic (exact) mass is 345 g/mol. The Bertz CT molecular complexity index is 858. The number of carboxylic acids is 1. The fourth-order valence-corrected chi connectivity index (χ4v) is 2.74. The molecule has 1 aromatic heterocycles. The lowest BCUT2D eigenvalue weighted by Gasteiger charge is -2.24. The van der Waals surface area contributed by atoms with Gasteiger partial charge in [-0.2, -0.15) is 0 Å². The van der Waals surface area contributed by atoms with E-state index in [0.29, 0.717) is 5.69 Å². The number of rotatable bonds is 5. The number of fused-ring (bicyclic) bond motifs is 1. The lowest BCUT2D eigenvalue weighted by atomic mass is 9.92. The van der Waals surface area contributed by atoms with E-state index in [1.165, 1.54) is 18.5 Å². The normalized spacial score (nSPS) is 15.2. The highest BCUT2D eigenvalue weighted by Crippen LogP contribution is 2.27. The Morgan fingerprint density at radius 3 is 2.50 bits per heavy atom. The summed E-state index contributed by atoms with van der Waals surface area (Å²) in [5.41, 5.74) is 0.732. The summed E-state index contributed by atoms with van der Waals surface area (Å²) < 4.78 is 0. The first-order valence-electron chi connectivity index (χ1n) is 7.08. The van der Waals surface area contributed by atoms with E-state index in [0.717, 1.165) is 0 Å². The van der Waals surface area contributed by atoms with E-state index in [4.69, 9.17) is 11.6 Å². The average molecular weight is 346 g/mol. The highest BCUT2D eigenvalue weighted by Gasteiger charge is 2.32. The first-order valence-corrected chi connectivity index (χ1v) is 7.45. The van der Waals surface area contributed by atoms with E-state index in [9.17, 15) is 19.5 Å². The van der Waals surface area contributed by atoms with Gasteiger partial charge in [-0.3, -0.25) is 14.6 Å². The van der Waals surface area contributed by atoms with Crippen LogP contribution in [0.1, 0.15) is 26.4 Å². The van der Waals surface area contributed by atoms with Gasteiger partial charge in [0.15, 0.2) is 0 Å². The quantitative estimate of drug-likeness (QED) is 0.765. The molecule has 0 spiro atoms. The van der Waals surface area contributed by atoms with Gasteiger partial charge in [-0.1, -0.05) is 35.9 Å². The number of ketones is 2. The van der Waals surface area contributed by atoms with Gasteiger partial charge in [0.2, 0.25) is 17.9 Å². The molecule has 0 saturated carbocycles. The summed E-state index contributed by atoms with van der Waals surface area (Å²) in [6.07, 6.45) is 3.12. The van der Waals surface area contributed by atoms with Crippen LogP contribution in [0.4, 0.5) is 0 Å². The number of nitrogens with one attached hydrogen (secondary N) is 3. The fourth-order valence-electron chi connectivity index (χ4n) is 2.50. The van der Waals surface area contributed by atoms with Gasteiger partial charge in [0, 0.05) is 17.5 Å². The van der Waals surface area contributed by atoms with Gasteiger partial charge in [0.25, 0.3) is 0 Å². The standard InChI is InChI=1S/C16H12ClN3O4/c17-12-13(15(22)10-4-2-1-3-9(10)14(12)21)20-11(16(23)24)5-8-6-18-7-19-8/h1-4,6-7,11,20H,5H2,(H,18,19)(H,23,24). The highest BCUT2D eigenvalue weighted by molar-refractivity contribution is 6.49. The first kappa shape index (κ1) is 15.9. The molecule has 3 rings (SSSR count). The molecule has 0 amide bonds. The minimum absolute atomic E-state index is 0.0165. The summed E-state index contributed by atoms with van der Waals surface area (Å²) in [5, 5.41) is 13.6. The number of aromatic nitrogens is 2. The maximum atomic E-state index is 12.5. The number of hydrogen-bond donors (Lipinski definition) is 2. The number of carbonyl (C=O) groups excluding carboxylic acids is 3. The van der Waals surface area contributed by atoms with Gasteiger partial charge in [-0.15, -0.1) is 0 Å². The molecule has 24 heavy (non-hydrogen) atoms. The molecule has 0 bridgehead atoms. The fraction of sp³-hybridized carbons (Fsp3) is 0.125. The Hall–Kier alpha value is -2.93. The number of carbonyl (C=O) groups is 3. The van der Waals surface area contributed by atoms with Crippen LogP contribution in [-0.2, 0) is 11.2 Å². The number of H-pyrrole nitrogens is 2. The van der Waals surface area contributed by atoms with Crippen molar-refractivity contribution in [2.45, 2.75) is 12.5 Å². The molecule has 122 valence electrons. The lowest BCUT2D eigenvalue weighted by molar-refractivity contribution is -0.376. The van der Waals surface area contributed by atoms with E-state index in [2.05, 4.69) is 15.3 Å². The van der Waals surface area contributed by atoms with E-state index in [1.54, 1.807) is 18.3 Å². The molecule has 2 aromatic rings. The molecule has 8 heteroatoms. The number of benzene rings is 1. The van der Waals surface area contributed by atoms with E-state index < -0.39 is 23.6 Å². The van der Waals surface area contributed by atoms with Gasteiger partial charge in [-0.25, -0.2) is 4.98 Å². The highest BCUT2D eigenvalue weighted by atomic mass is 35.5. The van der Waals surface area contributed by atoms with Crippen LogP contribution >= 0.6 is 11.6 Å². The number of aromatic amines is 2. The van der Waals surface area contributed by atoms with Crippen LogP contribution in [-0.4, -0.2) is 28.6 Å². The second-order valence-corrected chi connectivity index (χ2v) is 5.62. The number of aliphatic carboxylic acids is 1. The number of carboxylic acid groups (broad SMARTS) is 1. The van der Waals surface area contributed by atoms with E-state index in [1.807, 2.05) is 0 Å². The molecule has 1 aromatic carbocycles. The number of Topliss-reactive ketones (excluding diaryl/α,β-unsaturated/α-hetero) is 2. The molecule has 0 radical (unpaired) electrons. The first-order chi connectivity index (χ1) is 11.5. The minimum Gasteiger partial charge on any atom is -0.548 e. The van der Waals surface area contributed by atoms with Crippen LogP contribution in [0.15, 0.2) is 47.5 Å². The average Bonchev–Trinajstić information content (AvgIpc) is 3.08. The summed E-state index contributed by atoms with van der Waals surface area (Å²) >= 11 is 6.01. The van der Waals surface area contributed by atoms with Crippen molar-refractivity contribution in [1.29, 1.82) is 0 Å². The van der Waals surface area contributed by atoms with Crippen LogP contribution in [0.25, 0.3) is 0 Å². The largest absolute Gasteiger partial charge is 0.548 e. The summed E-state index contributed by atoms with van der Waals surface area (Å²) in [6, 6.07) is 5.00. The van der Waals surface area contributed by atoms with Crippen LogP contribution in [0.3, 0.4) is 0 Å². The summed E-state index contributed by atoms with van der Waals surface area (Å²) in [5.74, 6) is -2.47. The van der Waals surface area contributed by atoms with Crippen molar-refractivity contribution in [1.82, 2.24) is 10.3 Å². The smallest absolute Gasteiger partial charge is 0.239 e. The van der Waals surface area contributed by atoms with Crippen LogP contribution in [0.2, 0.25) is 0 Å². The Morgan fingerprint density at radius 2 is 1.92 bits per heavy atom. The van der Waals surface area contributed by atoms with Crippen LogP contribution in [0.5, 0.6) is 0 Å². The zero-order valence-electron chi connectivity index (χ0n) is 12.3. The van der Waals surface area contributed by atoms with Crippen molar-refractivity contribution >= 4 is 29.1 Å². The Morgan fingerprint density at radius 1 is 1.25 bits per heavy atom. The molecule has 7 nitrogen and oxygen atoms in total. The number of imidazole rings is 1. The number of allylic oxidation sites excluding steroid dienone is 2. The van der Waals surface area contributed by atoms with Gasteiger partial charge in [0.05, 0.1) is 12.0 Å². The minimum atomic E-state index is -1.42. The van der Waals surface area contributed by atoms with Crippen molar-refractivity contribution < 1.29 is 24.5 Å². The SMILES string of the molecule is O=C1C(Cl)=C(NC(Cc2c[nH+]c[nH]2)C(=O)[O-])C(=O)c2ccccc21. The molecule has 1 atom stereocenters. The summed E-state index contributed by atoms with van der Waals surface area (Å²) in [7, 11) is 0. The second kappa shape index (κ2) is 6.29. The molecular formula is C16H12ClN3O4.